The standard InChI is InChI=1S/C6H7NO5/c8-3-7-4(6(11)12)1-2-5(9)10/h4H,1-2H2,(H,9,10)(H,11,12)/p-2/t4-/m0/s1. The second kappa shape index (κ2) is 5.03. The number of aliphatic imine (C=N–C) groups is 1. The highest BCUT2D eigenvalue weighted by molar-refractivity contribution is 5.73. The Kier molecular flexibility index (Phi) is 4.33. The largest absolute Gasteiger partial charge is 0.550 e. The maximum Gasteiger partial charge on any atom is 0.235 e. The minimum Gasteiger partial charge on any atom is -0.550 e. The van der Waals surface area contributed by atoms with Gasteiger partial charge in [0, 0.05) is 5.97 Å². The van der Waals surface area contributed by atoms with Crippen LogP contribution >= 0.6 is 0 Å². The van der Waals surface area contributed by atoms with Gasteiger partial charge in [0.15, 0.2) is 0 Å². The van der Waals surface area contributed by atoms with E-state index in [9.17, 15) is 24.6 Å². The molecule has 0 spiro atoms. The molecule has 0 rings (SSSR count). The fraction of sp³-hybridized carbons (Fsp3) is 0.500. The van der Waals surface area contributed by atoms with E-state index < -0.39 is 24.4 Å². The Labute approximate surface area is 67.5 Å². The lowest BCUT2D eigenvalue weighted by Gasteiger charge is -2.10. The predicted octanol–water partition coefficient (Wildman–Crippen LogP) is -3.03. The summed E-state index contributed by atoms with van der Waals surface area (Å²) in [5, 5.41) is 20.0. The highest BCUT2D eigenvalue weighted by Gasteiger charge is 2.07. The molecule has 12 heavy (non-hydrogen) atoms. The van der Waals surface area contributed by atoms with Crippen molar-refractivity contribution < 1.29 is 24.6 Å². The minimum absolute atomic E-state index is 0.320. The molecule has 0 fully saturated rings. The van der Waals surface area contributed by atoms with Crippen LogP contribution in [-0.2, 0) is 14.4 Å². The van der Waals surface area contributed by atoms with Crippen LogP contribution in [0.5, 0.6) is 0 Å². The van der Waals surface area contributed by atoms with Gasteiger partial charge in [-0.1, -0.05) is 0 Å². The number of carboxylic acid groups (broad SMARTS) is 2. The fourth-order valence-corrected chi connectivity index (χ4v) is 0.553. The van der Waals surface area contributed by atoms with Crippen molar-refractivity contribution in [2.45, 2.75) is 18.9 Å². The molecule has 0 aliphatic carbocycles. The van der Waals surface area contributed by atoms with Crippen molar-refractivity contribution in [1.29, 1.82) is 0 Å². The third-order valence-electron chi connectivity index (χ3n) is 1.10. The number of nitrogens with zero attached hydrogens (tertiary/aromatic N) is 1. The van der Waals surface area contributed by atoms with Gasteiger partial charge >= 0.3 is 0 Å². The second-order valence-electron chi connectivity index (χ2n) is 1.97. The van der Waals surface area contributed by atoms with Crippen molar-refractivity contribution >= 4 is 18.0 Å². The Bertz CT molecular complexity index is 228. The molecule has 0 saturated heterocycles. The number of rotatable bonds is 5. The zero-order chi connectivity index (χ0) is 9.56. The van der Waals surface area contributed by atoms with Gasteiger partial charge in [0.05, 0.1) is 5.97 Å². The third-order valence-corrected chi connectivity index (χ3v) is 1.10. The van der Waals surface area contributed by atoms with Crippen molar-refractivity contribution in [2.75, 3.05) is 0 Å². The maximum atomic E-state index is 10.1. The van der Waals surface area contributed by atoms with Crippen LogP contribution in [-0.4, -0.2) is 24.1 Å². The predicted molar refractivity (Wildman–Crippen MR) is 31.2 cm³/mol. The number of hydrogen-bond acceptors (Lipinski definition) is 6. The molecule has 0 aliphatic rings. The second-order valence-corrected chi connectivity index (χ2v) is 1.97. The molecule has 6 nitrogen and oxygen atoms in total. The molecular formula is C6H5NO5-2. The van der Waals surface area contributed by atoms with Crippen LogP contribution in [0.25, 0.3) is 0 Å². The van der Waals surface area contributed by atoms with Gasteiger partial charge in [0.1, 0.15) is 6.04 Å². The third kappa shape index (κ3) is 4.19. The SMILES string of the molecule is O=C=N[C@@H](CCC(=O)[O-])C(=O)[O-]. The molecule has 0 unspecified atom stereocenters. The normalized spacial score (nSPS) is 11.3. The summed E-state index contributed by atoms with van der Waals surface area (Å²) >= 11 is 0. The molecule has 0 aliphatic heterocycles. The number of carbonyl (C=O) groups is 2. The first kappa shape index (κ1) is 10.3. The highest BCUT2D eigenvalue weighted by Crippen LogP contribution is 1.99. The molecular weight excluding hydrogens is 166 g/mol. The summed E-state index contributed by atoms with van der Waals surface area (Å²) in [4.78, 5) is 32.4. The lowest BCUT2D eigenvalue weighted by molar-refractivity contribution is -0.309. The van der Waals surface area contributed by atoms with E-state index >= 15 is 0 Å². The highest BCUT2D eigenvalue weighted by atomic mass is 16.4. The van der Waals surface area contributed by atoms with E-state index in [2.05, 4.69) is 4.99 Å². The zero-order valence-electron chi connectivity index (χ0n) is 5.98. The van der Waals surface area contributed by atoms with Crippen LogP contribution in [0, 0.1) is 0 Å². The Morgan fingerprint density at radius 1 is 1.42 bits per heavy atom. The monoisotopic (exact) mass is 171 g/mol. The summed E-state index contributed by atoms with van der Waals surface area (Å²) in [6.07, 6.45) is 0.212. The molecule has 0 aromatic carbocycles. The smallest absolute Gasteiger partial charge is 0.235 e. The molecule has 66 valence electrons. The average molecular weight is 171 g/mol. The van der Waals surface area contributed by atoms with Gasteiger partial charge in [-0.25, -0.2) is 4.79 Å². The van der Waals surface area contributed by atoms with E-state index in [0.29, 0.717) is 0 Å². The molecule has 0 saturated carbocycles. The zero-order valence-corrected chi connectivity index (χ0v) is 5.98. The summed E-state index contributed by atoms with van der Waals surface area (Å²) in [5.74, 6) is -3.00. The molecule has 0 radical (unpaired) electrons. The van der Waals surface area contributed by atoms with Crippen molar-refractivity contribution in [1.82, 2.24) is 0 Å². The maximum absolute atomic E-state index is 10.1. The van der Waals surface area contributed by atoms with Crippen LogP contribution < -0.4 is 10.2 Å². The van der Waals surface area contributed by atoms with Crippen LogP contribution in [0.3, 0.4) is 0 Å². The molecule has 0 aromatic heterocycles. The van der Waals surface area contributed by atoms with Gasteiger partial charge in [-0.05, 0) is 12.8 Å². The number of carboxylic acids is 2. The van der Waals surface area contributed by atoms with Crippen LogP contribution in [0.1, 0.15) is 12.8 Å². The quantitative estimate of drug-likeness (QED) is 0.322. The van der Waals surface area contributed by atoms with Gasteiger partial charge < -0.3 is 19.8 Å². The summed E-state index contributed by atoms with van der Waals surface area (Å²) in [5.41, 5.74) is 0. The topological polar surface area (TPSA) is 110 Å². The van der Waals surface area contributed by atoms with Crippen LogP contribution in [0.2, 0.25) is 0 Å². The van der Waals surface area contributed by atoms with Crippen LogP contribution in [0.15, 0.2) is 4.99 Å². The number of carbonyl (C=O) groups excluding carboxylic acids is 3. The molecule has 6 heteroatoms. The Hall–Kier alpha value is -1.68. The lowest BCUT2D eigenvalue weighted by atomic mass is 10.2. The number of hydrogen-bond donors (Lipinski definition) is 0. The Balaban J connectivity index is 4.05. The Morgan fingerprint density at radius 3 is 2.33 bits per heavy atom. The first-order valence-corrected chi connectivity index (χ1v) is 3.05. The van der Waals surface area contributed by atoms with E-state index in [4.69, 9.17) is 0 Å². The van der Waals surface area contributed by atoms with E-state index in [-0.39, 0.29) is 6.42 Å². The number of isocyanates is 1. The van der Waals surface area contributed by atoms with Crippen LogP contribution in [0.4, 0.5) is 0 Å². The summed E-state index contributed by atoms with van der Waals surface area (Å²) in [7, 11) is 0. The fourth-order valence-electron chi connectivity index (χ4n) is 0.553. The molecule has 0 heterocycles. The van der Waals surface area contributed by atoms with Gasteiger partial charge in [0.25, 0.3) is 0 Å². The van der Waals surface area contributed by atoms with Crippen molar-refractivity contribution in [3.63, 3.8) is 0 Å². The van der Waals surface area contributed by atoms with E-state index in [1.807, 2.05) is 0 Å². The summed E-state index contributed by atoms with van der Waals surface area (Å²) in [6.45, 7) is 0. The number of aliphatic carboxylic acids is 2. The molecule has 0 aromatic rings. The molecule has 0 amide bonds. The lowest BCUT2D eigenvalue weighted by Crippen LogP contribution is -2.35. The summed E-state index contributed by atoms with van der Waals surface area (Å²) < 4.78 is 0. The van der Waals surface area contributed by atoms with E-state index in [1.165, 1.54) is 0 Å². The van der Waals surface area contributed by atoms with Gasteiger partial charge in [-0.15, -0.1) is 0 Å². The molecule has 0 N–H and O–H groups in total. The first-order valence-electron chi connectivity index (χ1n) is 3.05. The van der Waals surface area contributed by atoms with E-state index in [1.54, 1.807) is 0 Å². The van der Waals surface area contributed by atoms with Gasteiger partial charge in [-0.3, -0.25) is 0 Å². The van der Waals surface area contributed by atoms with E-state index in [0.717, 1.165) is 6.08 Å². The first-order chi connectivity index (χ1) is 5.57. The average Bonchev–Trinajstić information content (AvgIpc) is 1.96. The van der Waals surface area contributed by atoms with Crippen molar-refractivity contribution in [2.24, 2.45) is 4.99 Å². The van der Waals surface area contributed by atoms with Crippen molar-refractivity contribution in [3.8, 4) is 0 Å². The van der Waals surface area contributed by atoms with Gasteiger partial charge in [0.2, 0.25) is 6.08 Å². The molecule has 0 bridgehead atoms. The molecule has 1 atom stereocenters. The van der Waals surface area contributed by atoms with Gasteiger partial charge in [-0.2, -0.15) is 4.99 Å². The van der Waals surface area contributed by atoms with Crippen molar-refractivity contribution in [3.05, 3.63) is 0 Å². The summed E-state index contributed by atoms with van der Waals surface area (Å²) in [6, 6.07) is -1.44. The minimum atomic E-state index is -1.60. The Morgan fingerprint density at radius 2 is 2.00 bits per heavy atom.